The zero-order valence-corrected chi connectivity index (χ0v) is 14.5. The van der Waals surface area contributed by atoms with Crippen LogP contribution < -0.4 is 0 Å². The Balaban J connectivity index is 1.71. The molecule has 1 aliphatic rings. The number of carbonyl (C=O) groups is 1. The first-order chi connectivity index (χ1) is 11.1. The molecule has 116 valence electrons. The molecule has 0 bridgehead atoms. The maximum atomic E-state index is 12.8. The van der Waals surface area contributed by atoms with Crippen molar-refractivity contribution in [2.75, 3.05) is 6.54 Å². The lowest BCUT2D eigenvalue weighted by Crippen LogP contribution is -2.35. The Kier molecular flexibility index (Phi) is 3.49. The Labute approximate surface area is 143 Å². The molecule has 0 aliphatic carbocycles. The van der Waals surface area contributed by atoms with E-state index in [1.165, 1.54) is 22.2 Å². The van der Waals surface area contributed by atoms with Crippen molar-refractivity contribution >= 4 is 32.7 Å². The number of benzene rings is 2. The lowest BCUT2D eigenvalue weighted by atomic mass is 10.0. The highest BCUT2D eigenvalue weighted by atomic mass is 79.9. The molecule has 0 unspecified atom stereocenters. The van der Waals surface area contributed by atoms with Gasteiger partial charge in [-0.3, -0.25) is 4.79 Å². The van der Waals surface area contributed by atoms with Gasteiger partial charge in [0.15, 0.2) is 0 Å². The summed E-state index contributed by atoms with van der Waals surface area (Å²) in [6.45, 7) is 3.52. The monoisotopic (exact) mass is 368 g/mol. The number of H-pyrrole nitrogens is 1. The Morgan fingerprint density at radius 2 is 2.04 bits per heavy atom. The van der Waals surface area contributed by atoms with Gasteiger partial charge in [0.1, 0.15) is 0 Å². The van der Waals surface area contributed by atoms with Crippen LogP contribution in [0.25, 0.3) is 10.9 Å². The molecule has 2 aromatic carbocycles. The molecule has 0 fully saturated rings. The SMILES string of the molecule is Cc1ccc2[nH]c3c(c2c1)CN(C(=O)c1ccccc1Br)CC3. The van der Waals surface area contributed by atoms with E-state index >= 15 is 0 Å². The number of fused-ring (bicyclic) bond motifs is 3. The number of amides is 1. The zero-order valence-electron chi connectivity index (χ0n) is 12.9. The number of nitrogens with zero attached hydrogens (tertiary/aromatic N) is 1. The van der Waals surface area contributed by atoms with Crippen LogP contribution in [0, 0.1) is 6.92 Å². The van der Waals surface area contributed by atoms with E-state index in [0.29, 0.717) is 6.54 Å². The summed E-state index contributed by atoms with van der Waals surface area (Å²) in [6.07, 6.45) is 0.874. The van der Waals surface area contributed by atoms with Crippen molar-refractivity contribution in [2.45, 2.75) is 19.9 Å². The Bertz CT molecular complexity index is 913. The number of halogens is 1. The van der Waals surface area contributed by atoms with Gasteiger partial charge in [-0.1, -0.05) is 23.8 Å². The molecule has 3 aromatic rings. The minimum absolute atomic E-state index is 0.0881. The van der Waals surface area contributed by atoms with Gasteiger partial charge >= 0.3 is 0 Å². The molecule has 0 spiro atoms. The fourth-order valence-corrected chi connectivity index (χ4v) is 3.76. The highest BCUT2D eigenvalue weighted by Crippen LogP contribution is 2.29. The van der Waals surface area contributed by atoms with E-state index in [1.807, 2.05) is 29.2 Å². The number of aromatic amines is 1. The van der Waals surface area contributed by atoms with Crippen LogP contribution in [0.2, 0.25) is 0 Å². The summed E-state index contributed by atoms with van der Waals surface area (Å²) in [7, 11) is 0. The molecular formula is C19H17BrN2O. The number of nitrogens with one attached hydrogen (secondary N) is 1. The minimum atomic E-state index is 0.0881. The van der Waals surface area contributed by atoms with Gasteiger partial charge in [-0.05, 0) is 47.1 Å². The number of carbonyl (C=O) groups excluding carboxylic acids is 1. The van der Waals surface area contributed by atoms with Gasteiger partial charge in [0.05, 0.1) is 5.56 Å². The van der Waals surface area contributed by atoms with Crippen molar-refractivity contribution in [3.8, 4) is 0 Å². The van der Waals surface area contributed by atoms with Crippen LogP contribution >= 0.6 is 15.9 Å². The van der Waals surface area contributed by atoms with Crippen LogP contribution in [0.1, 0.15) is 27.2 Å². The maximum Gasteiger partial charge on any atom is 0.255 e. The molecule has 2 heterocycles. The smallest absolute Gasteiger partial charge is 0.255 e. The second kappa shape index (κ2) is 5.53. The summed E-state index contributed by atoms with van der Waals surface area (Å²) >= 11 is 3.48. The molecule has 4 heteroatoms. The number of hydrogen-bond donors (Lipinski definition) is 1. The highest BCUT2D eigenvalue weighted by Gasteiger charge is 2.25. The number of aromatic nitrogens is 1. The molecule has 1 aliphatic heterocycles. The molecule has 23 heavy (non-hydrogen) atoms. The van der Waals surface area contributed by atoms with Crippen molar-refractivity contribution in [3.63, 3.8) is 0 Å². The Hall–Kier alpha value is -2.07. The molecule has 0 atom stereocenters. The summed E-state index contributed by atoms with van der Waals surface area (Å²) in [5, 5.41) is 1.24. The first-order valence-electron chi connectivity index (χ1n) is 7.77. The highest BCUT2D eigenvalue weighted by molar-refractivity contribution is 9.10. The van der Waals surface area contributed by atoms with Crippen LogP contribution in [0.3, 0.4) is 0 Å². The molecule has 0 saturated heterocycles. The summed E-state index contributed by atoms with van der Waals surface area (Å²) in [6, 6.07) is 14.1. The molecule has 1 amide bonds. The predicted octanol–water partition coefficient (Wildman–Crippen LogP) is 4.44. The molecule has 1 aromatic heterocycles. The van der Waals surface area contributed by atoms with Crippen LogP contribution in [0.4, 0.5) is 0 Å². The van der Waals surface area contributed by atoms with Crippen molar-refractivity contribution in [1.29, 1.82) is 0 Å². The first kappa shape index (κ1) is 14.5. The molecule has 4 rings (SSSR count). The number of aryl methyl sites for hydroxylation is 1. The first-order valence-corrected chi connectivity index (χ1v) is 8.56. The topological polar surface area (TPSA) is 36.1 Å². The number of rotatable bonds is 1. The van der Waals surface area contributed by atoms with Gasteiger partial charge in [-0.2, -0.15) is 0 Å². The van der Waals surface area contributed by atoms with Crippen LogP contribution in [0.15, 0.2) is 46.9 Å². The summed E-state index contributed by atoms with van der Waals surface area (Å²) in [4.78, 5) is 18.3. The van der Waals surface area contributed by atoms with E-state index in [0.717, 1.165) is 28.5 Å². The van der Waals surface area contributed by atoms with E-state index in [1.54, 1.807) is 0 Å². The third-order valence-corrected chi connectivity index (χ3v) is 5.21. The van der Waals surface area contributed by atoms with Crippen LogP contribution in [-0.2, 0) is 13.0 Å². The van der Waals surface area contributed by atoms with E-state index in [9.17, 15) is 4.79 Å². The van der Waals surface area contributed by atoms with Gasteiger partial charge in [0.25, 0.3) is 5.91 Å². The van der Waals surface area contributed by atoms with Gasteiger partial charge < -0.3 is 9.88 Å². The van der Waals surface area contributed by atoms with E-state index in [-0.39, 0.29) is 5.91 Å². The average Bonchev–Trinajstić information content (AvgIpc) is 2.92. The average molecular weight is 369 g/mol. The fourth-order valence-electron chi connectivity index (χ4n) is 3.31. The maximum absolute atomic E-state index is 12.8. The lowest BCUT2D eigenvalue weighted by molar-refractivity contribution is 0.0734. The molecule has 0 saturated carbocycles. The fraction of sp³-hybridized carbons (Fsp3) is 0.211. The van der Waals surface area contributed by atoms with Crippen molar-refractivity contribution < 1.29 is 4.79 Å². The van der Waals surface area contributed by atoms with E-state index in [2.05, 4.69) is 46.0 Å². The van der Waals surface area contributed by atoms with E-state index < -0.39 is 0 Å². The standard InChI is InChI=1S/C19H17BrN2O/c1-12-6-7-17-14(10-12)15-11-22(9-8-18(15)21-17)19(23)13-4-2-3-5-16(13)20/h2-7,10,21H,8-9,11H2,1H3. The predicted molar refractivity (Wildman–Crippen MR) is 95.6 cm³/mol. The molecule has 3 nitrogen and oxygen atoms in total. The van der Waals surface area contributed by atoms with Gasteiger partial charge in [0, 0.05) is 46.1 Å². The second-order valence-corrected chi connectivity index (χ2v) is 6.94. The summed E-state index contributed by atoms with van der Waals surface area (Å²) < 4.78 is 0.852. The summed E-state index contributed by atoms with van der Waals surface area (Å²) in [5.41, 5.74) is 5.66. The van der Waals surface area contributed by atoms with Gasteiger partial charge in [-0.25, -0.2) is 0 Å². The van der Waals surface area contributed by atoms with Crippen molar-refractivity contribution in [2.24, 2.45) is 0 Å². The quantitative estimate of drug-likeness (QED) is 0.677. The molecule has 1 N–H and O–H groups in total. The molecular weight excluding hydrogens is 352 g/mol. The lowest BCUT2D eigenvalue weighted by Gasteiger charge is -2.27. The second-order valence-electron chi connectivity index (χ2n) is 6.09. The summed E-state index contributed by atoms with van der Waals surface area (Å²) in [5.74, 6) is 0.0881. The van der Waals surface area contributed by atoms with Crippen LogP contribution in [-0.4, -0.2) is 22.3 Å². The van der Waals surface area contributed by atoms with Crippen molar-refractivity contribution in [3.05, 3.63) is 69.3 Å². The Morgan fingerprint density at radius 1 is 1.22 bits per heavy atom. The van der Waals surface area contributed by atoms with Gasteiger partial charge in [0.2, 0.25) is 0 Å². The van der Waals surface area contributed by atoms with Crippen molar-refractivity contribution in [1.82, 2.24) is 9.88 Å². The number of hydrogen-bond acceptors (Lipinski definition) is 1. The zero-order chi connectivity index (χ0) is 16.0. The minimum Gasteiger partial charge on any atom is -0.358 e. The normalized spacial score (nSPS) is 14.1. The largest absolute Gasteiger partial charge is 0.358 e. The molecule has 0 radical (unpaired) electrons. The van der Waals surface area contributed by atoms with Gasteiger partial charge in [-0.15, -0.1) is 0 Å². The van der Waals surface area contributed by atoms with E-state index in [4.69, 9.17) is 0 Å². The van der Waals surface area contributed by atoms with Crippen LogP contribution in [0.5, 0.6) is 0 Å². The third-order valence-electron chi connectivity index (χ3n) is 4.52. The Morgan fingerprint density at radius 3 is 2.87 bits per heavy atom. The third kappa shape index (κ3) is 2.47.